The third kappa shape index (κ3) is 2.56. The molecule has 0 saturated carbocycles. The van der Waals surface area contributed by atoms with Gasteiger partial charge in [0.05, 0.1) is 0 Å². The Bertz CT molecular complexity index is 101. The Labute approximate surface area is 50.4 Å². The minimum absolute atomic E-state index is 0.500. The predicted molar refractivity (Wildman–Crippen MR) is 34.7 cm³/mol. The van der Waals surface area contributed by atoms with E-state index in [0.717, 1.165) is 11.9 Å². The topological polar surface area (TPSA) is 17.1 Å². The van der Waals surface area contributed by atoms with Crippen LogP contribution >= 0.6 is 0 Å². The first-order valence-electron chi connectivity index (χ1n) is 2.80. The van der Waals surface area contributed by atoms with Crippen LogP contribution in [0.3, 0.4) is 0 Å². The molecule has 8 heavy (non-hydrogen) atoms. The minimum atomic E-state index is 0.500. The fourth-order valence-electron chi connectivity index (χ4n) is 0.300. The Morgan fingerprint density at radius 1 is 1.50 bits per heavy atom. The van der Waals surface area contributed by atoms with Crippen LogP contribution in [0, 0.1) is 5.92 Å². The lowest BCUT2D eigenvalue weighted by molar-refractivity contribution is -0.104. The largest absolute Gasteiger partial charge is 0.299 e. The molecule has 0 heterocycles. The molecule has 0 aromatic heterocycles. The summed E-state index contributed by atoms with van der Waals surface area (Å²) in [5.74, 6) is 0.500. The average molecular weight is 112 g/mol. The number of carbonyl (C=O) groups excluding carboxylic acids is 1. The maximum atomic E-state index is 9.84. The van der Waals surface area contributed by atoms with Gasteiger partial charge in [0.25, 0.3) is 0 Å². The molecule has 0 unspecified atom stereocenters. The standard InChI is InChI=1S/C7H12O/c1-6(2)7(3)4-5-8/h4-6H,1-3H3. The van der Waals surface area contributed by atoms with Gasteiger partial charge in [-0.3, -0.25) is 4.79 Å². The van der Waals surface area contributed by atoms with Gasteiger partial charge in [0.2, 0.25) is 0 Å². The maximum Gasteiger partial charge on any atom is 0.142 e. The lowest BCUT2D eigenvalue weighted by Gasteiger charge is -1.99. The van der Waals surface area contributed by atoms with E-state index in [1.165, 1.54) is 0 Å². The van der Waals surface area contributed by atoms with E-state index in [2.05, 4.69) is 13.8 Å². The fourth-order valence-corrected chi connectivity index (χ4v) is 0.300. The molecule has 46 valence electrons. The van der Waals surface area contributed by atoms with Gasteiger partial charge in [-0.25, -0.2) is 0 Å². The summed E-state index contributed by atoms with van der Waals surface area (Å²) >= 11 is 0. The molecule has 1 nitrogen and oxygen atoms in total. The van der Waals surface area contributed by atoms with Crippen molar-refractivity contribution in [3.05, 3.63) is 11.6 Å². The molecule has 0 atom stereocenters. The van der Waals surface area contributed by atoms with Crippen molar-refractivity contribution in [2.75, 3.05) is 0 Å². The van der Waals surface area contributed by atoms with E-state index >= 15 is 0 Å². The second-order valence-corrected chi connectivity index (χ2v) is 2.20. The molecule has 0 saturated heterocycles. The summed E-state index contributed by atoms with van der Waals surface area (Å²) < 4.78 is 0. The van der Waals surface area contributed by atoms with Gasteiger partial charge in [-0.2, -0.15) is 0 Å². The highest BCUT2D eigenvalue weighted by Crippen LogP contribution is 2.05. The molecule has 0 spiro atoms. The van der Waals surface area contributed by atoms with E-state index in [1.807, 2.05) is 6.92 Å². The van der Waals surface area contributed by atoms with Crippen molar-refractivity contribution >= 4 is 6.29 Å². The van der Waals surface area contributed by atoms with Gasteiger partial charge in [0.1, 0.15) is 6.29 Å². The number of hydrogen-bond acceptors (Lipinski definition) is 1. The van der Waals surface area contributed by atoms with Gasteiger partial charge in [-0.15, -0.1) is 0 Å². The highest BCUT2D eigenvalue weighted by atomic mass is 16.1. The van der Waals surface area contributed by atoms with Crippen molar-refractivity contribution in [2.24, 2.45) is 5.92 Å². The quantitative estimate of drug-likeness (QED) is 0.393. The zero-order valence-electron chi connectivity index (χ0n) is 5.64. The first kappa shape index (κ1) is 7.41. The zero-order valence-corrected chi connectivity index (χ0v) is 5.64. The fraction of sp³-hybridized carbons (Fsp3) is 0.571. The molecular formula is C7H12O. The van der Waals surface area contributed by atoms with Crippen LogP contribution < -0.4 is 0 Å². The normalized spacial score (nSPS) is 12.2. The molecular weight excluding hydrogens is 100 g/mol. The van der Waals surface area contributed by atoms with Gasteiger partial charge < -0.3 is 0 Å². The number of allylic oxidation sites excluding steroid dienone is 2. The van der Waals surface area contributed by atoms with Crippen LogP contribution in [0.4, 0.5) is 0 Å². The van der Waals surface area contributed by atoms with E-state index in [0.29, 0.717) is 5.92 Å². The first-order chi connectivity index (χ1) is 3.68. The number of carbonyl (C=O) groups is 1. The van der Waals surface area contributed by atoms with Crippen molar-refractivity contribution in [1.82, 2.24) is 0 Å². The maximum absolute atomic E-state index is 9.84. The summed E-state index contributed by atoms with van der Waals surface area (Å²) in [6.45, 7) is 6.09. The van der Waals surface area contributed by atoms with Crippen LogP contribution in [0.5, 0.6) is 0 Å². The molecule has 0 fully saturated rings. The van der Waals surface area contributed by atoms with Crippen LogP contribution in [0.15, 0.2) is 11.6 Å². The summed E-state index contributed by atoms with van der Waals surface area (Å²) in [7, 11) is 0. The molecule has 0 N–H and O–H groups in total. The van der Waals surface area contributed by atoms with Crippen LogP contribution in [-0.2, 0) is 4.79 Å². The van der Waals surface area contributed by atoms with Crippen molar-refractivity contribution in [3.8, 4) is 0 Å². The molecule has 0 aliphatic carbocycles. The molecule has 0 aromatic rings. The second kappa shape index (κ2) is 3.42. The van der Waals surface area contributed by atoms with Gasteiger partial charge in [-0.05, 0) is 18.9 Å². The third-order valence-electron chi connectivity index (χ3n) is 1.24. The number of aldehydes is 1. The lowest BCUT2D eigenvalue weighted by Crippen LogP contribution is -1.87. The molecule has 0 bridgehead atoms. The van der Waals surface area contributed by atoms with Gasteiger partial charge >= 0.3 is 0 Å². The van der Waals surface area contributed by atoms with Gasteiger partial charge in [0, 0.05) is 0 Å². The van der Waals surface area contributed by atoms with E-state index in [4.69, 9.17) is 0 Å². The van der Waals surface area contributed by atoms with E-state index < -0.39 is 0 Å². The first-order valence-corrected chi connectivity index (χ1v) is 2.80. The molecule has 0 aromatic carbocycles. The molecule has 0 amide bonds. The van der Waals surface area contributed by atoms with Crippen molar-refractivity contribution < 1.29 is 4.79 Å². The summed E-state index contributed by atoms with van der Waals surface area (Å²) in [6, 6.07) is 0. The van der Waals surface area contributed by atoms with Crippen LogP contribution in [0.2, 0.25) is 0 Å². The van der Waals surface area contributed by atoms with E-state index in [1.54, 1.807) is 6.08 Å². The third-order valence-corrected chi connectivity index (χ3v) is 1.24. The molecule has 0 rings (SSSR count). The Kier molecular flexibility index (Phi) is 3.16. The van der Waals surface area contributed by atoms with Crippen molar-refractivity contribution in [2.45, 2.75) is 20.8 Å². The highest BCUT2D eigenvalue weighted by molar-refractivity contribution is 5.65. The monoisotopic (exact) mass is 112 g/mol. The highest BCUT2D eigenvalue weighted by Gasteiger charge is 1.92. The van der Waals surface area contributed by atoms with Gasteiger partial charge in [-0.1, -0.05) is 19.4 Å². The van der Waals surface area contributed by atoms with E-state index in [9.17, 15) is 4.79 Å². The smallest absolute Gasteiger partial charge is 0.142 e. The minimum Gasteiger partial charge on any atom is -0.299 e. The number of rotatable bonds is 2. The van der Waals surface area contributed by atoms with Gasteiger partial charge in [0.15, 0.2) is 0 Å². The Balaban J connectivity index is 3.78. The molecule has 1 heteroatoms. The Morgan fingerprint density at radius 2 is 2.00 bits per heavy atom. The predicted octanol–water partition coefficient (Wildman–Crippen LogP) is 1.79. The zero-order chi connectivity index (χ0) is 6.57. The average Bonchev–Trinajstić information content (AvgIpc) is 1.67. The van der Waals surface area contributed by atoms with Crippen LogP contribution in [-0.4, -0.2) is 6.29 Å². The molecule has 0 aliphatic rings. The SMILES string of the molecule is CC(=CC=O)C(C)C. The Morgan fingerprint density at radius 3 is 2.12 bits per heavy atom. The Hall–Kier alpha value is -0.590. The summed E-state index contributed by atoms with van der Waals surface area (Å²) in [5.41, 5.74) is 1.14. The summed E-state index contributed by atoms with van der Waals surface area (Å²) in [4.78, 5) is 9.84. The number of hydrogen-bond donors (Lipinski definition) is 0. The summed E-state index contributed by atoms with van der Waals surface area (Å²) in [6.07, 6.45) is 2.43. The summed E-state index contributed by atoms with van der Waals surface area (Å²) in [5, 5.41) is 0. The van der Waals surface area contributed by atoms with Crippen molar-refractivity contribution in [1.29, 1.82) is 0 Å². The van der Waals surface area contributed by atoms with Crippen molar-refractivity contribution in [3.63, 3.8) is 0 Å². The molecule has 0 aliphatic heterocycles. The van der Waals surface area contributed by atoms with Crippen LogP contribution in [0.1, 0.15) is 20.8 Å². The second-order valence-electron chi connectivity index (χ2n) is 2.20. The van der Waals surface area contributed by atoms with E-state index in [-0.39, 0.29) is 0 Å². The van der Waals surface area contributed by atoms with Crippen LogP contribution in [0.25, 0.3) is 0 Å². The molecule has 0 radical (unpaired) electrons. The lowest BCUT2D eigenvalue weighted by atomic mass is 10.1.